The van der Waals surface area contributed by atoms with E-state index in [0.717, 1.165) is 55.1 Å². The van der Waals surface area contributed by atoms with Crippen molar-refractivity contribution < 1.29 is 4.79 Å². The number of rotatable bonds is 2. The van der Waals surface area contributed by atoms with Gasteiger partial charge < -0.3 is 10.2 Å². The van der Waals surface area contributed by atoms with Crippen molar-refractivity contribution in [3.8, 4) is 0 Å². The molecule has 1 fully saturated rings. The van der Waals surface area contributed by atoms with Crippen LogP contribution in [0.2, 0.25) is 0 Å². The Labute approximate surface area is 135 Å². The van der Waals surface area contributed by atoms with Gasteiger partial charge in [-0.15, -0.1) is 0 Å². The number of hydrogen-bond acceptors (Lipinski definition) is 4. The lowest BCUT2D eigenvalue weighted by molar-refractivity contribution is 0.0733. The molecule has 0 saturated carbocycles. The molecule has 23 heavy (non-hydrogen) atoms. The summed E-state index contributed by atoms with van der Waals surface area (Å²) in [5.74, 6) is 1.47. The highest BCUT2D eigenvalue weighted by atomic mass is 16.2. The average Bonchev–Trinajstić information content (AvgIpc) is 3.15. The molecule has 1 unspecified atom stereocenters. The zero-order chi connectivity index (χ0) is 15.6. The number of carbonyl (C=O) groups is 1. The van der Waals surface area contributed by atoms with Gasteiger partial charge >= 0.3 is 0 Å². The molecule has 2 aromatic rings. The van der Waals surface area contributed by atoms with Crippen LogP contribution < -0.4 is 5.32 Å². The van der Waals surface area contributed by atoms with Gasteiger partial charge in [-0.3, -0.25) is 4.79 Å². The minimum absolute atomic E-state index is 0.0836. The fraction of sp³-hybridized carbons (Fsp3) is 0.389. The number of carbonyl (C=O) groups excluding carboxylic acids is 1. The van der Waals surface area contributed by atoms with Crippen LogP contribution in [0.3, 0.4) is 0 Å². The van der Waals surface area contributed by atoms with E-state index in [1.165, 1.54) is 0 Å². The molecular formula is C18H20N4O. The predicted molar refractivity (Wildman–Crippen MR) is 87.1 cm³/mol. The molecule has 1 amide bonds. The topological polar surface area (TPSA) is 58.1 Å². The van der Waals surface area contributed by atoms with Gasteiger partial charge in [0.2, 0.25) is 0 Å². The first kappa shape index (κ1) is 14.3. The van der Waals surface area contributed by atoms with Crippen LogP contribution in [0.15, 0.2) is 36.5 Å². The van der Waals surface area contributed by atoms with Gasteiger partial charge in [0, 0.05) is 49.3 Å². The molecule has 5 nitrogen and oxygen atoms in total. The Morgan fingerprint density at radius 3 is 2.91 bits per heavy atom. The van der Waals surface area contributed by atoms with Gasteiger partial charge in [-0.2, -0.15) is 0 Å². The van der Waals surface area contributed by atoms with Crippen molar-refractivity contribution in [1.82, 2.24) is 20.2 Å². The van der Waals surface area contributed by atoms with E-state index in [-0.39, 0.29) is 5.91 Å². The van der Waals surface area contributed by atoms with Crippen molar-refractivity contribution in [1.29, 1.82) is 0 Å². The molecule has 2 aliphatic rings. The van der Waals surface area contributed by atoms with Crippen LogP contribution in [0, 0.1) is 0 Å². The van der Waals surface area contributed by atoms with Gasteiger partial charge in [-0.05, 0) is 25.1 Å². The molecule has 1 aromatic heterocycles. The second-order valence-corrected chi connectivity index (χ2v) is 6.23. The lowest BCUT2D eigenvalue weighted by Gasteiger charge is -2.28. The number of benzene rings is 1. The van der Waals surface area contributed by atoms with Gasteiger partial charge in [0.1, 0.15) is 5.82 Å². The Balaban J connectivity index is 1.52. The Hall–Kier alpha value is -2.27. The Morgan fingerprint density at radius 2 is 2.13 bits per heavy atom. The quantitative estimate of drug-likeness (QED) is 0.918. The van der Waals surface area contributed by atoms with Gasteiger partial charge in [-0.1, -0.05) is 18.2 Å². The van der Waals surface area contributed by atoms with E-state index in [0.29, 0.717) is 12.5 Å². The van der Waals surface area contributed by atoms with Gasteiger partial charge in [0.25, 0.3) is 5.91 Å². The molecule has 1 aromatic carbocycles. The summed E-state index contributed by atoms with van der Waals surface area (Å²) < 4.78 is 0. The van der Waals surface area contributed by atoms with E-state index >= 15 is 0 Å². The Kier molecular flexibility index (Phi) is 3.79. The first-order valence-corrected chi connectivity index (χ1v) is 8.21. The van der Waals surface area contributed by atoms with Crippen molar-refractivity contribution >= 4 is 5.91 Å². The molecule has 0 aliphatic carbocycles. The smallest absolute Gasteiger partial charge is 0.254 e. The predicted octanol–water partition coefficient (Wildman–Crippen LogP) is 1.75. The van der Waals surface area contributed by atoms with Crippen molar-refractivity contribution in [2.45, 2.75) is 25.3 Å². The number of fused-ring (bicyclic) bond motifs is 1. The van der Waals surface area contributed by atoms with Crippen LogP contribution in [-0.4, -0.2) is 40.4 Å². The number of amides is 1. The SMILES string of the molecule is O=C(c1ccccc1)N1CCc2nc(C3CCNC3)ncc2C1. The standard InChI is InChI=1S/C18H20N4O/c23-18(13-4-2-1-3-5-13)22-9-7-16-15(12-22)11-20-17(21-16)14-6-8-19-10-14/h1-5,11,14,19H,6-10,12H2. The number of hydrogen-bond donors (Lipinski definition) is 1. The lowest BCUT2D eigenvalue weighted by atomic mass is 10.0. The molecule has 1 saturated heterocycles. The highest BCUT2D eigenvalue weighted by Crippen LogP contribution is 2.23. The van der Waals surface area contributed by atoms with Crippen LogP contribution in [0.1, 0.15) is 39.8 Å². The highest BCUT2D eigenvalue weighted by molar-refractivity contribution is 5.94. The number of nitrogens with zero attached hydrogens (tertiary/aromatic N) is 3. The summed E-state index contributed by atoms with van der Waals surface area (Å²) in [7, 11) is 0. The van der Waals surface area contributed by atoms with Crippen LogP contribution >= 0.6 is 0 Å². The minimum Gasteiger partial charge on any atom is -0.334 e. The van der Waals surface area contributed by atoms with E-state index < -0.39 is 0 Å². The zero-order valence-electron chi connectivity index (χ0n) is 13.0. The first-order chi connectivity index (χ1) is 11.3. The summed E-state index contributed by atoms with van der Waals surface area (Å²) in [6.45, 7) is 3.34. The molecule has 5 heteroatoms. The normalized spacial score (nSPS) is 20.3. The fourth-order valence-electron chi connectivity index (χ4n) is 3.34. The molecule has 0 radical (unpaired) electrons. The van der Waals surface area contributed by atoms with Crippen LogP contribution in [-0.2, 0) is 13.0 Å². The molecule has 1 atom stereocenters. The molecule has 3 heterocycles. The van der Waals surface area contributed by atoms with Crippen LogP contribution in [0.5, 0.6) is 0 Å². The first-order valence-electron chi connectivity index (χ1n) is 8.21. The largest absolute Gasteiger partial charge is 0.334 e. The van der Waals surface area contributed by atoms with Crippen molar-refractivity contribution in [2.75, 3.05) is 19.6 Å². The number of nitrogens with one attached hydrogen (secondary N) is 1. The van der Waals surface area contributed by atoms with Crippen molar-refractivity contribution in [3.63, 3.8) is 0 Å². The van der Waals surface area contributed by atoms with E-state index in [9.17, 15) is 4.79 Å². The van der Waals surface area contributed by atoms with E-state index in [2.05, 4.69) is 10.3 Å². The van der Waals surface area contributed by atoms with Crippen LogP contribution in [0.25, 0.3) is 0 Å². The van der Waals surface area contributed by atoms with E-state index in [4.69, 9.17) is 4.98 Å². The Bertz CT molecular complexity index is 710. The summed E-state index contributed by atoms with van der Waals surface area (Å²) in [4.78, 5) is 23.8. The van der Waals surface area contributed by atoms with Gasteiger partial charge in [0.05, 0.1) is 5.69 Å². The summed E-state index contributed by atoms with van der Waals surface area (Å²) in [5, 5.41) is 3.36. The third kappa shape index (κ3) is 2.84. The summed E-state index contributed by atoms with van der Waals surface area (Å²) in [5.41, 5.74) is 2.93. The average molecular weight is 308 g/mol. The van der Waals surface area contributed by atoms with Crippen LogP contribution in [0.4, 0.5) is 0 Å². The molecule has 118 valence electrons. The second kappa shape index (κ2) is 6.08. The van der Waals surface area contributed by atoms with Crippen molar-refractivity contribution in [3.05, 3.63) is 59.2 Å². The minimum atomic E-state index is 0.0836. The summed E-state index contributed by atoms with van der Waals surface area (Å²) in [6.07, 6.45) is 3.83. The molecule has 1 N–H and O–H groups in total. The second-order valence-electron chi connectivity index (χ2n) is 6.23. The molecular weight excluding hydrogens is 288 g/mol. The number of aromatic nitrogens is 2. The summed E-state index contributed by atoms with van der Waals surface area (Å²) in [6, 6.07) is 9.46. The monoisotopic (exact) mass is 308 g/mol. The molecule has 4 rings (SSSR count). The maximum absolute atomic E-state index is 12.6. The van der Waals surface area contributed by atoms with E-state index in [1.54, 1.807) is 0 Å². The van der Waals surface area contributed by atoms with E-state index in [1.807, 2.05) is 41.4 Å². The Morgan fingerprint density at radius 1 is 1.26 bits per heavy atom. The molecule has 0 spiro atoms. The van der Waals surface area contributed by atoms with Gasteiger partial charge in [0.15, 0.2) is 0 Å². The van der Waals surface area contributed by atoms with Crippen molar-refractivity contribution in [2.24, 2.45) is 0 Å². The maximum atomic E-state index is 12.6. The maximum Gasteiger partial charge on any atom is 0.254 e. The third-order valence-electron chi connectivity index (χ3n) is 4.69. The summed E-state index contributed by atoms with van der Waals surface area (Å²) >= 11 is 0. The zero-order valence-corrected chi connectivity index (χ0v) is 13.0. The molecule has 2 aliphatic heterocycles. The lowest BCUT2D eigenvalue weighted by Crippen LogP contribution is -2.36. The third-order valence-corrected chi connectivity index (χ3v) is 4.69. The molecule has 0 bridgehead atoms. The fourth-order valence-corrected chi connectivity index (χ4v) is 3.34. The highest BCUT2D eigenvalue weighted by Gasteiger charge is 2.25. The van der Waals surface area contributed by atoms with Gasteiger partial charge in [-0.25, -0.2) is 9.97 Å².